The van der Waals surface area contributed by atoms with E-state index in [0.717, 1.165) is 98.4 Å². The van der Waals surface area contributed by atoms with Crippen LogP contribution in [0.25, 0.3) is 12.2 Å². The highest BCUT2D eigenvalue weighted by atomic mass is 32.2. The van der Waals surface area contributed by atoms with Crippen molar-refractivity contribution in [2.45, 2.75) is 0 Å². The van der Waals surface area contributed by atoms with E-state index in [0.29, 0.717) is 9.81 Å². The average molecular weight is 625 g/mol. The molecule has 4 amide bonds. The van der Waals surface area contributed by atoms with Crippen LogP contribution >= 0.6 is 23.5 Å². The van der Waals surface area contributed by atoms with Crippen molar-refractivity contribution < 1.29 is 24.7 Å². The minimum Gasteiger partial charge on any atom is -0.412 e. The minimum atomic E-state index is -0.307. The summed E-state index contributed by atoms with van der Waals surface area (Å²) >= 11 is 1.92. The van der Waals surface area contributed by atoms with Gasteiger partial charge in [-0.3, -0.25) is 29.8 Å². The molecule has 0 atom stereocenters. The first-order chi connectivity index (χ1) is 20.3. The quantitative estimate of drug-likeness (QED) is 0.489. The van der Waals surface area contributed by atoms with E-state index in [2.05, 4.69) is 56.5 Å². The molecule has 0 saturated carbocycles. The Hall–Kier alpha value is -3.62. The number of piperazine rings is 2. The Bertz CT molecular complexity index is 1320. The van der Waals surface area contributed by atoms with Gasteiger partial charge in [-0.1, -0.05) is 36.4 Å². The van der Waals surface area contributed by atoms with Gasteiger partial charge < -0.3 is 25.1 Å². The van der Waals surface area contributed by atoms with Crippen molar-refractivity contribution in [3.8, 4) is 0 Å². The molecule has 0 spiro atoms. The number of anilines is 2. The van der Waals surface area contributed by atoms with Crippen molar-refractivity contribution in [1.29, 1.82) is 0 Å². The van der Waals surface area contributed by atoms with Crippen molar-refractivity contribution in [2.24, 2.45) is 0 Å². The van der Waals surface area contributed by atoms with E-state index in [-0.39, 0.29) is 27.8 Å². The summed E-state index contributed by atoms with van der Waals surface area (Å²) in [6.07, 6.45) is 3.61. The van der Waals surface area contributed by atoms with Crippen molar-refractivity contribution in [2.75, 3.05) is 76.3 Å². The third-order valence-electron chi connectivity index (χ3n) is 7.42. The molecule has 0 aromatic heterocycles. The highest BCUT2D eigenvalue weighted by Crippen LogP contribution is 2.31. The summed E-state index contributed by atoms with van der Waals surface area (Å²) in [6, 6.07) is 16.0. The number of nitrogens with one attached hydrogen (secondary N) is 2. The number of rotatable bonds is 4. The third kappa shape index (κ3) is 8.27. The predicted octanol–water partition coefficient (Wildman–Crippen LogP) is 2.70. The fourth-order valence-corrected chi connectivity index (χ4v) is 6.36. The summed E-state index contributed by atoms with van der Waals surface area (Å²) < 4.78 is 0. The number of imide groups is 2. The highest BCUT2D eigenvalue weighted by Gasteiger charge is 2.27. The molecule has 11 nitrogen and oxygen atoms in total. The molecule has 0 radical (unpaired) electrons. The third-order valence-corrected chi connectivity index (χ3v) is 9.04. The number of hydrogen-bond acceptors (Lipinski definition) is 10. The van der Waals surface area contributed by atoms with E-state index in [4.69, 9.17) is 0 Å². The van der Waals surface area contributed by atoms with Crippen LogP contribution in [-0.2, 0) is 9.59 Å². The molecule has 4 heterocycles. The number of benzene rings is 2. The monoisotopic (exact) mass is 624 g/mol. The summed E-state index contributed by atoms with van der Waals surface area (Å²) in [5, 5.41) is 3.97. The Morgan fingerprint density at radius 1 is 0.581 bits per heavy atom. The number of para-hydroxylation sites is 2. The van der Waals surface area contributed by atoms with Gasteiger partial charge in [0.2, 0.25) is 0 Å². The summed E-state index contributed by atoms with van der Waals surface area (Å²) in [4.78, 5) is 56.0. The van der Waals surface area contributed by atoms with Crippen LogP contribution in [0, 0.1) is 0 Å². The Balaban J connectivity index is 0.000000192. The van der Waals surface area contributed by atoms with Crippen molar-refractivity contribution in [1.82, 2.24) is 20.4 Å². The van der Waals surface area contributed by atoms with Crippen LogP contribution in [0.5, 0.6) is 0 Å². The number of amides is 4. The number of carbonyl (C=O) groups excluding carboxylic acids is 4. The standard InChI is InChI=1S/2C15H17N3O2S.H2O/c2*1-17-6-8-18(9-7-17)12-5-3-2-4-11(12)10-13-14(19)16-15(20)21-13;/h2*2-5,10H,6-9H2,1H3,(H,16,19,20);1H2/b2*13-10+;. The molecular formula is C30H36N6O5S2. The van der Waals surface area contributed by atoms with Crippen LogP contribution in [0.15, 0.2) is 58.3 Å². The maximum Gasteiger partial charge on any atom is 0.290 e. The normalized spacial score (nSPS) is 21.4. The van der Waals surface area contributed by atoms with Gasteiger partial charge in [-0.05, 0) is 73.0 Å². The second-order valence-electron chi connectivity index (χ2n) is 10.4. The van der Waals surface area contributed by atoms with E-state index in [1.54, 1.807) is 12.2 Å². The predicted molar refractivity (Wildman–Crippen MR) is 174 cm³/mol. The molecule has 2 aromatic carbocycles. The Morgan fingerprint density at radius 3 is 1.26 bits per heavy atom. The Kier molecular flexibility index (Phi) is 11.0. The maximum atomic E-state index is 11.7. The largest absolute Gasteiger partial charge is 0.412 e. The van der Waals surface area contributed by atoms with Gasteiger partial charge in [0.25, 0.3) is 22.3 Å². The first-order valence-electron chi connectivity index (χ1n) is 13.8. The zero-order valence-electron chi connectivity index (χ0n) is 24.2. The molecule has 13 heteroatoms. The van der Waals surface area contributed by atoms with Gasteiger partial charge in [-0.2, -0.15) is 0 Å². The van der Waals surface area contributed by atoms with Crippen molar-refractivity contribution in [3.63, 3.8) is 0 Å². The Morgan fingerprint density at radius 2 is 0.930 bits per heavy atom. The van der Waals surface area contributed by atoms with Crippen molar-refractivity contribution >= 4 is 69.3 Å². The summed E-state index contributed by atoms with van der Waals surface area (Å²) in [7, 11) is 4.24. The van der Waals surface area contributed by atoms with Gasteiger partial charge in [0, 0.05) is 63.7 Å². The molecule has 0 unspecified atom stereocenters. The molecule has 4 N–H and O–H groups in total. The van der Waals surface area contributed by atoms with E-state index in [1.165, 1.54) is 0 Å². The van der Waals surface area contributed by atoms with Crippen molar-refractivity contribution in [3.05, 3.63) is 69.5 Å². The number of nitrogens with zero attached hydrogens (tertiary/aromatic N) is 4. The fourth-order valence-electron chi connectivity index (χ4n) is 5.01. The molecule has 4 saturated heterocycles. The van der Waals surface area contributed by atoms with E-state index in [9.17, 15) is 19.2 Å². The van der Waals surface area contributed by atoms with E-state index in [1.807, 2.05) is 36.4 Å². The van der Waals surface area contributed by atoms with Crippen LogP contribution < -0.4 is 20.4 Å². The number of hydrogen-bond donors (Lipinski definition) is 2. The molecule has 6 rings (SSSR count). The molecule has 2 aromatic rings. The summed E-state index contributed by atoms with van der Waals surface area (Å²) in [5.41, 5.74) is 4.19. The van der Waals surface area contributed by atoms with Gasteiger partial charge in [-0.15, -0.1) is 0 Å². The summed E-state index contributed by atoms with van der Waals surface area (Å²) in [6.45, 7) is 7.97. The van der Waals surface area contributed by atoms with Crippen LogP contribution in [-0.4, -0.2) is 104 Å². The van der Waals surface area contributed by atoms with Crippen LogP contribution in [0.1, 0.15) is 11.1 Å². The second kappa shape index (κ2) is 14.7. The van der Waals surface area contributed by atoms with Crippen LogP contribution in [0.4, 0.5) is 21.0 Å². The second-order valence-corrected chi connectivity index (χ2v) is 12.4. The first-order valence-corrected chi connectivity index (χ1v) is 15.4. The minimum absolute atomic E-state index is 0. The highest BCUT2D eigenvalue weighted by molar-refractivity contribution is 8.18. The molecule has 0 bridgehead atoms. The maximum absolute atomic E-state index is 11.7. The zero-order chi connectivity index (χ0) is 29.6. The van der Waals surface area contributed by atoms with E-state index < -0.39 is 0 Å². The van der Waals surface area contributed by atoms with Gasteiger partial charge in [0.15, 0.2) is 0 Å². The van der Waals surface area contributed by atoms with Crippen LogP contribution in [0.3, 0.4) is 0 Å². The molecule has 4 aliphatic heterocycles. The van der Waals surface area contributed by atoms with Gasteiger partial charge >= 0.3 is 0 Å². The fraction of sp³-hybridized carbons (Fsp3) is 0.333. The number of carbonyl (C=O) groups is 4. The lowest BCUT2D eigenvalue weighted by Crippen LogP contribution is -2.44. The molecule has 43 heavy (non-hydrogen) atoms. The average Bonchev–Trinajstić information content (AvgIpc) is 3.48. The molecular weight excluding hydrogens is 589 g/mol. The van der Waals surface area contributed by atoms with Gasteiger partial charge in [0.05, 0.1) is 9.81 Å². The molecule has 0 aliphatic carbocycles. The lowest BCUT2D eigenvalue weighted by Gasteiger charge is -2.34. The lowest BCUT2D eigenvalue weighted by atomic mass is 10.1. The number of thioether (sulfide) groups is 2. The van der Waals surface area contributed by atoms with Crippen LogP contribution in [0.2, 0.25) is 0 Å². The molecule has 4 aliphatic rings. The summed E-state index contributed by atoms with van der Waals surface area (Å²) in [5.74, 6) is -0.614. The van der Waals surface area contributed by atoms with E-state index >= 15 is 0 Å². The topological polar surface area (TPSA) is 137 Å². The first kappa shape index (κ1) is 32.3. The smallest absolute Gasteiger partial charge is 0.290 e. The van der Waals surface area contributed by atoms with Gasteiger partial charge in [-0.25, -0.2) is 0 Å². The van der Waals surface area contributed by atoms with Gasteiger partial charge in [0.1, 0.15) is 0 Å². The zero-order valence-corrected chi connectivity index (χ0v) is 25.8. The SMILES string of the molecule is CN1CCN(c2ccccc2/C=C2/SC(=O)NC2=O)CC1.CN1CCN(c2ccccc2/C=C2/SC(=O)NC2=O)CC1.O. The lowest BCUT2D eigenvalue weighted by molar-refractivity contribution is -0.116. The Labute approximate surface area is 259 Å². The molecule has 228 valence electrons. The number of likely N-dealkylation sites (N-methyl/N-ethyl adjacent to an activating group) is 2. The molecule has 4 fully saturated rings.